The normalized spacial score (nSPS) is 21.3. The van der Waals surface area contributed by atoms with Crippen LogP contribution in [0.2, 0.25) is 0 Å². The minimum Gasteiger partial charge on any atom is -0.477 e. The number of piperidine rings is 1. The summed E-state index contributed by atoms with van der Waals surface area (Å²) in [4.78, 5) is 13.4. The van der Waals surface area contributed by atoms with Crippen molar-refractivity contribution in [2.75, 3.05) is 19.6 Å². The van der Waals surface area contributed by atoms with Crippen LogP contribution in [0.15, 0.2) is 10.3 Å². The van der Waals surface area contributed by atoms with Crippen LogP contribution in [0.1, 0.15) is 41.9 Å². The lowest BCUT2D eigenvalue weighted by atomic mass is 9.99. The van der Waals surface area contributed by atoms with E-state index >= 15 is 0 Å². The Kier molecular flexibility index (Phi) is 5.83. The highest BCUT2D eigenvalue weighted by Gasteiger charge is 2.25. The van der Waals surface area contributed by atoms with Crippen LogP contribution in [0.5, 0.6) is 0 Å². The van der Waals surface area contributed by atoms with Crippen molar-refractivity contribution in [3.8, 4) is 0 Å². The third-order valence-electron chi connectivity index (χ3n) is 4.23. The molecule has 1 aliphatic heterocycles. The van der Waals surface area contributed by atoms with Gasteiger partial charge in [0.25, 0.3) is 0 Å². The minimum absolute atomic E-state index is 0.0617. The number of carbonyl (C=O) groups is 1. The zero-order chi connectivity index (χ0) is 17.2. The Morgan fingerprint density at radius 1 is 1.57 bits per heavy atom. The molecule has 2 N–H and O–H groups in total. The van der Waals surface area contributed by atoms with E-state index in [0.29, 0.717) is 18.0 Å². The van der Waals surface area contributed by atoms with Crippen molar-refractivity contribution in [3.63, 3.8) is 0 Å². The maximum absolute atomic E-state index is 12.4. The molecular formula is C15H24N2O4S2. The molecule has 2 rings (SSSR count). The summed E-state index contributed by atoms with van der Waals surface area (Å²) in [6, 6.07) is 1.54. The first-order valence-corrected chi connectivity index (χ1v) is 10.1. The summed E-state index contributed by atoms with van der Waals surface area (Å²) in [5.74, 6) is -0.453. The van der Waals surface area contributed by atoms with Gasteiger partial charge in [0.15, 0.2) is 0 Å². The molecule has 0 aromatic carbocycles. The van der Waals surface area contributed by atoms with Gasteiger partial charge in [-0.25, -0.2) is 17.9 Å². The minimum atomic E-state index is -3.66. The summed E-state index contributed by atoms with van der Waals surface area (Å²) in [6.45, 7) is 8.15. The average molecular weight is 361 g/mol. The van der Waals surface area contributed by atoms with Gasteiger partial charge in [-0.1, -0.05) is 6.92 Å². The van der Waals surface area contributed by atoms with Crippen molar-refractivity contribution < 1.29 is 18.3 Å². The van der Waals surface area contributed by atoms with Crippen molar-refractivity contribution >= 4 is 27.3 Å². The van der Waals surface area contributed by atoms with Crippen LogP contribution < -0.4 is 4.72 Å². The molecular weight excluding hydrogens is 336 g/mol. The highest BCUT2D eigenvalue weighted by Crippen LogP contribution is 2.26. The van der Waals surface area contributed by atoms with E-state index in [1.165, 1.54) is 12.5 Å². The maximum Gasteiger partial charge on any atom is 0.346 e. The van der Waals surface area contributed by atoms with Crippen LogP contribution in [0, 0.1) is 12.8 Å². The van der Waals surface area contributed by atoms with E-state index in [0.717, 1.165) is 30.8 Å². The molecule has 0 bridgehead atoms. The predicted octanol–water partition coefficient (Wildman–Crippen LogP) is 2.15. The van der Waals surface area contributed by atoms with E-state index < -0.39 is 16.0 Å². The Morgan fingerprint density at radius 3 is 2.83 bits per heavy atom. The number of carboxylic acid groups (broad SMARTS) is 1. The van der Waals surface area contributed by atoms with Crippen LogP contribution in [0.3, 0.4) is 0 Å². The molecule has 8 heteroatoms. The number of hydrogen-bond donors (Lipinski definition) is 2. The molecule has 0 amide bonds. The second-order valence-corrected chi connectivity index (χ2v) is 9.37. The predicted molar refractivity (Wildman–Crippen MR) is 90.6 cm³/mol. The first kappa shape index (κ1) is 18.4. The van der Waals surface area contributed by atoms with Gasteiger partial charge >= 0.3 is 5.97 Å². The second-order valence-electron chi connectivity index (χ2n) is 6.33. The zero-order valence-corrected chi connectivity index (χ0v) is 15.3. The van der Waals surface area contributed by atoms with Crippen molar-refractivity contribution in [2.45, 2.75) is 43.9 Å². The number of carboxylic acids is 1. The van der Waals surface area contributed by atoms with Gasteiger partial charge in [-0.2, -0.15) is 0 Å². The van der Waals surface area contributed by atoms with Crippen molar-refractivity contribution in [1.29, 1.82) is 0 Å². The van der Waals surface area contributed by atoms with Gasteiger partial charge < -0.3 is 5.11 Å². The lowest BCUT2D eigenvalue weighted by Crippen LogP contribution is -2.46. The lowest BCUT2D eigenvalue weighted by molar-refractivity contribution is 0.0701. The van der Waals surface area contributed by atoms with E-state index in [9.17, 15) is 13.2 Å². The van der Waals surface area contributed by atoms with Crippen LogP contribution >= 0.6 is 11.3 Å². The van der Waals surface area contributed by atoms with Crippen molar-refractivity contribution in [1.82, 2.24) is 9.62 Å². The standard InChI is InChI=1S/C15H24N2O4S2/c1-10-5-4-6-17(9-10)12(3)8-16-23(20,21)13-7-11(2)14(22-13)15(18)19/h7,10,12,16H,4-6,8-9H2,1-3H3,(H,18,19). The fourth-order valence-corrected chi connectivity index (χ4v) is 5.40. The first-order valence-electron chi connectivity index (χ1n) is 7.78. The molecule has 1 aliphatic rings. The summed E-state index contributed by atoms with van der Waals surface area (Å²) in [5, 5.41) is 9.05. The summed E-state index contributed by atoms with van der Waals surface area (Å²) in [7, 11) is -3.66. The number of aromatic carboxylic acids is 1. The van der Waals surface area contributed by atoms with Gasteiger partial charge in [0.1, 0.15) is 9.09 Å². The number of rotatable bonds is 6. The molecule has 130 valence electrons. The van der Waals surface area contributed by atoms with Gasteiger partial charge in [0.05, 0.1) is 0 Å². The highest BCUT2D eigenvalue weighted by atomic mass is 32.2. The molecule has 2 unspecified atom stereocenters. The van der Waals surface area contributed by atoms with Crippen LogP contribution in [0.4, 0.5) is 0 Å². The molecule has 1 fully saturated rings. The number of likely N-dealkylation sites (tertiary alicyclic amines) is 1. The molecule has 2 atom stereocenters. The molecule has 2 heterocycles. The van der Waals surface area contributed by atoms with Crippen molar-refractivity contribution in [3.05, 3.63) is 16.5 Å². The first-order chi connectivity index (χ1) is 10.7. The van der Waals surface area contributed by atoms with E-state index in [4.69, 9.17) is 5.11 Å². The molecule has 0 aliphatic carbocycles. The fraction of sp³-hybridized carbons (Fsp3) is 0.667. The highest BCUT2D eigenvalue weighted by molar-refractivity contribution is 7.91. The van der Waals surface area contributed by atoms with E-state index in [1.54, 1.807) is 6.92 Å². The number of nitrogens with zero attached hydrogens (tertiary/aromatic N) is 1. The van der Waals surface area contributed by atoms with Gasteiger partial charge in [0.2, 0.25) is 10.0 Å². The maximum atomic E-state index is 12.4. The number of aryl methyl sites for hydroxylation is 1. The zero-order valence-electron chi connectivity index (χ0n) is 13.7. The molecule has 0 saturated carbocycles. The number of thiophene rings is 1. The third kappa shape index (κ3) is 4.53. The van der Waals surface area contributed by atoms with Crippen LogP contribution in [0.25, 0.3) is 0 Å². The second kappa shape index (κ2) is 7.29. The summed E-state index contributed by atoms with van der Waals surface area (Å²) in [5.41, 5.74) is 0.473. The Bertz CT molecular complexity index is 669. The van der Waals surface area contributed by atoms with E-state index in [2.05, 4.69) is 16.5 Å². The number of nitrogens with one attached hydrogen (secondary N) is 1. The smallest absolute Gasteiger partial charge is 0.346 e. The topological polar surface area (TPSA) is 86.7 Å². The average Bonchev–Trinajstić information content (AvgIpc) is 2.88. The van der Waals surface area contributed by atoms with Crippen LogP contribution in [-0.2, 0) is 10.0 Å². The quantitative estimate of drug-likeness (QED) is 0.812. The van der Waals surface area contributed by atoms with E-state index in [-0.39, 0.29) is 15.1 Å². The third-order valence-corrected chi connectivity index (χ3v) is 7.36. The van der Waals surface area contributed by atoms with Crippen molar-refractivity contribution in [2.24, 2.45) is 5.92 Å². The summed E-state index contributed by atoms with van der Waals surface area (Å²) >= 11 is 0.799. The Balaban J connectivity index is 2.01. The Labute approximate surface area is 141 Å². The fourth-order valence-electron chi connectivity index (χ4n) is 2.85. The number of sulfonamides is 1. The van der Waals surface area contributed by atoms with Gasteiger partial charge in [-0.15, -0.1) is 11.3 Å². The summed E-state index contributed by atoms with van der Waals surface area (Å²) in [6.07, 6.45) is 2.37. The van der Waals surface area contributed by atoms with Gasteiger partial charge in [-0.3, -0.25) is 4.90 Å². The molecule has 1 aromatic rings. The molecule has 1 saturated heterocycles. The molecule has 23 heavy (non-hydrogen) atoms. The lowest BCUT2D eigenvalue weighted by Gasteiger charge is -2.35. The molecule has 6 nitrogen and oxygen atoms in total. The molecule has 1 aromatic heterocycles. The Morgan fingerprint density at radius 2 is 2.26 bits per heavy atom. The van der Waals surface area contributed by atoms with Gasteiger partial charge in [-0.05, 0) is 50.8 Å². The Hall–Kier alpha value is -0.960. The van der Waals surface area contributed by atoms with Crippen LogP contribution in [-0.4, -0.2) is 50.1 Å². The SMILES string of the molecule is Cc1cc(S(=O)(=O)NCC(C)N2CCCC(C)C2)sc1C(=O)O. The van der Waals surface area contributed by atoms with E-state index in [1.807, 2.05) is 6.92 Å². The largest absolute Gasteiger partial charge is 0.477 e. The van der Waals surface area contributed by atoms with Gasteiger partial charge in [0, 0.05) is 19.1 Å². The summed E-state index contributed by atoms with van der Waals surface area (Å²) < 4.78 is 27.4. The number of hydrogen-bond acceptors (Lipinski definition) is 5. The molecule has 0 radical (unpaired) electrons. The molecule has 0 spiro atoms. The monoisotopic (exact) mass is 360 g/mol.